The van der Waals surface area contributed by atoms with E-state index in [9.17, 15) is 0 Å². The standard InChI is InChI=1S/2C22H30N6O2.C2H2O4/c2*1-2-29-15-14-28-20(26-19-5-3-8-23-21(19)28)17-18-6-11-27(12-7-18)13-16-30-22-24-9-4-10-25-22;3-1(4)2(5)6/h2*3-5,8-10,18H,2,6-7,11-17H2,1H3;(H,3,4)(H,5,6). The predicted octanol–water partition coefficient (Wildman–Crippen LogP) is 4.34. The van der Waals surface area contributed by atoms with Gasteiger partial charge in [0.2, 0.25) is 0 Å². The summed E-state index contributed by atoms with van der Waals surface area (Å²) in [5, 5.41) is 14.8. The van der Waals surface area contributed by atoms with Crippen molar-refractivity contribution in [3.05, 3.63) is 85.2 Å². The van der Waals surface area contributed by atoms with E-state index in [2.05, 4.69) is 48.8 Å². The molecule has 0 bridgehead atoms. The molecule has 0 aliphatic carbocycles. The zero-order chi connectivity index (χ0) is 46.4. The van der Waals surface area contributed by atoms with Crippen LogP contribution in [0.4, 0.5) is 0 Å². The number of hydrogen-bond donors (Lipinski definition) is 2. The highest BCUT2D eigenvalue weighted by molar-refractivity contribution is 6.27. The van der Waals surface area contributed by atoms with Crippen molar-refractivity contribution in [1.82, 2.24) is 58.8 Å². The first-order valence-corrected chi connectivity index (χ1v) is 22.8. The summed E-state index contributed by atoms with van der Waals surface area (Å²) in [7, 11) is 0. The van der Waals surface area contributed by atoms with E-state index in [1.54, 1.807) is 36.9 Å². The molecule has 66 heavy (non-hydrogen) atoms. The number of nitrogens with zero attached hydrogens (tertiary/aromatic N) is 12. The number of aromatic nitrogens is 10. The number of imidazole rings is 2. The van der Waals surface area contributed by atoms with Gasteiger partial charge in [-0.3, -0.25) is 9.80 Å². The number of carboxylic acid groups (broad SMARTS) is 2. The van der Waals surface area contributed by atoms with E-state index in [1.165, 1.54) is 25.7 Å². The lowest BCUT2D eigenvalue weighted by molar-refractivity contribution is -0.159. The van der Waals surface area contributed by atoms with E-state index < -0.39 is 11.9 Å². The van der Waals surface area contributed by atoms with Gasteiger partial charge in [-0.05, 0) is 114 Å². The van der Waals surface area contributed by atoms with Crippen molar-refractivity contribution in [3.63, 3.8) is 0 Å². The second-order valence-electron chi connectivity index (χ2n) is 15.8. The SMILES string of the molecule is CCOCCn1c(CC2CCN(CCOc3ncccn3)CC2)nc2cccnc21.CCOCCn1c(CC2CCN(CCOc3ncccn3)CC2)nc2cccnc21.O=C(O)C(=O)O. The minimum atomic E-state index is -1.82. The highest BCUT2D eigenvalue weighted by atomic mass is 16.5. The average molecular weight is 911 g/mol. The Morgan fingerprint density at radius 3 is 1.29 bits per heavy atom. The van der Waals surface area contributed by atoms with E-state index in [0.717, 1.165) is 112 Å². The van der Waals surface area contributed by atoms with Crippen LogP contribution in [0.15, 0.2) is 73.6 Å². The van der Waals surface area contributed by atoms with Gasteiger partial charge in [-0.15, -0.1) is 0 Å². The third kappa shape index (κ3) is 15.5. The fourth-order valence-electron chi connectivity index (χ4n) is 7.99. The van der Waals surface area contributed by atoms with Crippen LogP contribution in [0.1, 0.15) is 51.2 Å². The van der Waals surface area contributed by atoms with Crippen LogP contribution in [0.3, 0.4) is 0 Å². The molecule has 6 aromatic heterocycles. The number of rotatable bonds is 20. The molecule has 0 saturated carbocycles. The van der Waals surface area contributed by atoms with Crippen LogP contribution in [-0.4, -0.2) is 160 Å². The summed E-state index contributed by atoms with van der Waals surface area (Å²) in [6, 6.07) is 12.5. The number of aliphatic carboxylic acids is 2. The lowest BCUT2D eigenvalue weighted by Gasteiger charge is -2.31. The largest absolute Gasteiger partial charge is 0.473 e. The molecule has 0 unspecified atom stereocenters. The number of carbonyl (C=O) groups is 2. The fraction of sp³-hybridized carbons (Fsp3) is 0.522. The monoisotopic (exact) mass is 910 g/mol. The molecule has 2 saturated heterocycles. The van der Waals surface area contributed by atoms with E-state index in [0.29, 0.717) is 50.3 Å². The zero-order valence-electron chi connectivity index (χ0n) is 37.9. The molecular formula is C46H62N12O8. The maximum atomic E-state index is 9.10. The van der Waals surface area contributed by atoms with Gasteiger partial charge in [0.15, 0.2) is 11.3 Å². The molecule has 2 aliphatic heterocycles. The number of fused-ring (bicyclic) bond motifs is 2. The molecule has 0 spiro atoms. The average Bonchev–Trinajstić information content (AvgIpc) is 3.87. The third-order valence-corrected chi connectivity index (χ3v) is 11.4. The first-order chi connectivity index (χ1) is 32.3. The van der Waals surface area contributed by atoms with Gasteiger partial charge >= 0.3 is 24.0 Å². The van der Waals surface area contributed by atoms with Crippen LogP contribution in [-0.2, 0) is 45.0 Å². The molecule has 0 atom stereocenters. The highest BCUT2D eigenvalue weighted by Gasteiger charge is 2.24. The quantitative estimate of drug-likeness (QED) is 0.0801. The van der Waals surface area contributed by atoms with Crippen LogP contribution in [0.25, 0.3) is 22.3 Å². The smallest absolute Gasteiger partial charge is 0.414 e. The number of pyridine rings is 2. The van der Waals surface area contributed by atoms with Gasteiger partial charge in [0, 0.05) is 89.4 Å². The van der Waals surface area contributed by atoms with Gasteiger partial charge in [-0.2, -0.15) is 0 Å². The second kappa shape index (κ2) is 26.7. The Morgan fingerprint density at radius 2 is 0.924 bits per heavy atom. The number of carboxylic acids is 2. The highest BCUT2D eigenvalue weighted by Crippen LogP contribution is 2.25. The van der Waals surface area contributed by atoms with Gasteiger partial charge in [0.1, 0.15) is 35.9 Å². The summed E-state index contributed by atoms with van der Waals surface area (Å²) in [5.74, 6) is -0.104. The topological polar surface area (TPSA) is 231 Å². The van der Waals surface area contributed by atoms with Crippen LogP contribution in [0, 0.1) is 11.8 Å². The minimum absolute atomic E-state index is 0.451. The van der Waals surface area contributed by atoms with Crippen molar-refractivity contribution in [1.29, 1.82) is 0 Å². The first-order valence-electron chi connectivity index (χ1n) is 22.8. The maximum absolute atomic E-state index is 9.10. The lowest BCUT2D eigenvalue weighted by atomic mass is 9.93. The van der Waals surface area contributed by atoms with Crippen LogP contribution < -0.4 is 9.47 Å². The number of likely N-dealkylation sites (tertiary alicyclic amines) is 2. The van der Waals surface area contributed by atoms with Crippen LogP contribution in [0.2, 0.25) is 0 Å². The zero-order valence-corrected chi connectivity index (χ0v) is 37.9. The third-order valence-electron chi connectivity index (χ3n) is 11.4. The molecule has 0 radical (unpaired) electrons. The maximum Gasteiger partial charge on any atom is 0.414 e. The normalized spacial score (nSPS) is 14.9. The van der Waals surface area contributed by atoms with E-state index in [1.807, 2.05) is 50.5 Å². The van der Waals surface area contributed by atoms with Crippen molar-refractivity contribution in [2.24, 2.45) is 11.8 Å². The summed E-state index contributed by atoms with van der Waals surface area (Å²) < 4.78 is 26.9. The van der Waals surface area contributed by atoms with Crippen molar-refractivity contribution in [2.45, 2.75) is 65.5 Å². The van der Waals surface area contributed by atoms with Crippen molar-refractivity contribution in [3.8, 4) is 12.0 Å². The molecule has 2 N–H and O–H groups in total. The Bertz CT molecular complexity index is 2170. The molecule has 2 aliphatic rings. The van der Waals surface area contributed by atoms with Crippen LogP contribution in [0.5, 0.6) is 12.0 Å². The van der Waals surface area contributed by atoms with Gasteiger partial charge < -0.3 is 38.3 Å². The Hall–Kier alpha value is -6.22. The molecule has 20 heteroatoms. The number of ether oxygens (including phenoxy) is 4. The molecular weight excluding hydrogens is 849 g/mol. The lowest BCUT2D eigenvalue weighted by Crippen LogP contribution is -2.37. The molecule has 6 aromatic rings. The summed E-state index contributed by atoms with van der Waals surface area (Å²) in [4.78, 5) is 58.4. The molecule has 0 amide bonds. The molecule has 2 fully saturated rings. The molecule has 354 valence electrons. The summed E-state index contributed by atoms with van der Waals surface area (Å²) in [6.45, 7) is 15.9. The Morgan fingerprint density at radius 1 is 0.545 bits per heavy atom. The predicted molar refractivity (Wildman–Crippen MR) is 244 cm³/mol. The van der Waals surface area contributed by atoms with Crippen molar-refractivity contribution >= 4 is 34.3 Å². The molecule has 20 nitrogen and oxygen atoms in total. The Kier molecular flexibility index (Phi) is 19.9. The first kappa shape index (κ1) is 49.2. The van der Waals surface area contributed by atoms with Gasteiger partial charge in [0.25, 0.3) is 0 Å². The van der Waals surface area contributed by atoms with E-state index in [4.69, 9.17) is 48.7 Å². The van der Waals surface area contributed by atoms with Gasteiger partial charge in [-0.1, -0.05) is 0 Å². The molecule has 0 aromatic carbocycles. The van der Waals surface area contributed by atoms with Gasteiger partial charge in [-0.25, -0.2) is 49.5 Å². The minimum Gasteiger partial charge on any atom is -0.473 e. The molecule has 8 heterocycles. The summed E-state index contributed by atoms with van der Waals surface area (Å²) in [5.41, 5.74) is 3.87. The van der Waals surface area contributed by atoms with Crippen molar-refractivity contribution in [2.75, 3.05) is 78.9 Å². The fourth-order valence-corrected chi connectivity index (χ4v) is 7.99. The summed E-state index contributed by atoms with van der Waals surface area (Å²) >= 11 is 0. The number of hydrogen-bond acceptors (Lipinski definition) is 16. The van der Waals surface area contributed by atoms with E-state index in [-0.39, 0.29) is 0 Å². The van der Waals surface area contributed by atoms with Crippen LogP contribution >= 0.6 is 0 Å². The Labute approximate surface area is 384 Å². The Balaban J connectivity index is 0.000000194. The molecule has 8 rings (SSSR count). The second-order valence-corrected chi connectivity index (χ2v) is 15.8. The van der Waals surface area contributed by atoms with E-state index >= 15 is 0 Å². The van der Waals surface area contributed by atoms with Gasteiger partial charge in [0.05, 0.1) is 13.2 Å². The summed E-state index contributed by atoms with van der Waals surface area (Å²) in [6.07, 6.45) is 17.1. The number of piperidine rings is 2. The van der Waals surface area contributed by atoms with Crippen molar-refractivity contribution < 1.29 is 38.7 Å².